The van der Waals surface area contributed by atoms with Crippen LogP contribution in [0.2, 0.25) is 39.3 Å². The number of rotatable bonds is 3. The molecule has 186 valence electrons. The average molecular weight is 574 g/mol. The molecule has 0 spiro atoms. The Kier molecular flexibility index (Phi) is 26.5. The van der Waals surface area contributed by atoms with Crippen LogP contribution >= 0.6 is 0 Å². The van der Waals surface area contributed by atoms with E-state index >= 15 is 0 Å². The molecular weight excluding hydrogens is 532 g/mol. The second-order valence-corrected chi connectivity index (χ2v) is 19.1. The third-order valence-corrected chi connectivity index (χ3v) is 7.07. The van der Waals surface area contributed by atoms with Crippen molar-refractivity contribution in [1.29, 1.82) is 0 Å². The first-order valence-electron chi connectivity index (χ1n) is 11.2. The van der Waals surface area contributed by atoms with Gasteiger partial charge in [0.15, 0.2) is 0 Å². The smallest absolute Gasteiger partial charge is 0.138 e. The van der Waals surface area contributed by atoms with E-state index in [-0.39, 0.29) is 43.4 Å². The van der Waals surface area contributed by atoms with Gasteiger partial charge in [-0.3, -0.25) is 0 Å². The van der Waals surface area contributed by atoms with E-state index < -0.39 is 22.4 Å². The second kappa shape index (κ2) is 23.8. The van der Waals surface area contributed by atoms with Gasteiger partial charge in [-0.1, -0.05) is 136 Å². The van der Waals surface area contributed by atoms with Crippen LogP contribution in [0.3, 0.4) is 0 Å². The number of hydrogen-bond acceptors (Lipinski definition) is 2. The van der Waals surface area contributed by atoms with E-state index in [2.05, 4.69) is 45.0 Å². The Morgan fingerprint density at radius 1 is 0.486 bits per heavy atom. The van der Waals surface area contributed by atoms with E-state index in [1.165, 1.54) is 0 Å². The van der Waals surface area contributed by atoms with Crippen LogP contribution in [0, 0.1) is 31.4 Å². The normalized spacial score (nSPS) is 15.7. The van der Waals surface area contributed by atoms with Gasteiger partial charge in [-0.05, 0) is 0 Å². The summed E-state index contributed by atoms with van der Waals surface area (Å²) in [5.74, 6) is 0. The number of aliphatic hydroxyl groups excluding tert-OH is 1. The largest absolute Gasteiger partial charge is 0.497 e. The van der Waals surface area contributed by atoms with Crippen LogP contribution in [0.5, 0.6) is 0 Å². The quantitative estimate of drug-likeness (QED) is 0.216. The molecule has 0 fully saturated rings. The van der Waals surface area contributed by atoms with E-state index in [0.717, 1.165) is 5.20 Å². The Morgan fingerprint density at radius 3 is 0.771 bits per heavy atom. The first kappa shape index (κ1) is 39.0. The maximum absolute atomic E-state index is 9.22. The van der Waals surface area contributed by atoms with Gasteiger partial charge in [-0.25, -0.2) is 5.20 Å². The van der Waals surface area contributed by atoms with E-state index in [1.807, 2.05) is 123 Å². The standard InChI is InChI=1S/C9H21O2Si2.4C5H5.2Ti/c1-12(2,3)7-8(9(10)11)13(4,5)6;4*1-2-4-5-3-1;;/h9-11H,1-6H3;4*1-5H;;/q-1;;;;;;. The van der Waals surface area contributed by atoms with Crippen LogP contribution in [0.15, 0.2) is 102 Å². The van der Waals surface area contributed by atoms with E-state index in [1.54, 1.807) is 0 Å². The van der Waals surface area contributed by atoms with Gasteiger partial charge in [0, 0.05) is 77.2 Å². The molecule has 4 radical (unpaired) electrons. The summed E-state index contributed by atoms with van der Waals surface area (Å²) in [4.78, 5) is 0. The summed E-state index contributed by atoms with van der Waals surface area (Å²) >= 11 is 0. The molecule has 0 aromatic heterocycles. The average Bonchev–Trinajstić information content (AvgIpc) is 3.58. The molecule has 2 nitrogen and oxygen atoms in total. The predicted molar refractivity (Wildman–Crippen MR) is 152 cm³/mol. The molecular formula is C29H41O2Si2Ti2-. The zero-order chi connectivity index (χ0) is 25.0. The minimum atomic E-state index is -1.62. The van der Waals surface area contributed by atoms with Crippen molar-refractivity contribution in [2.45, 2.75) is 45.6 Å². The van der Waals surface area contributed by atoms with Gasteiger partial charge in [-0.15, -0.1) is 8.07 Å². The minimum Gasteiger partial charge on any atom is -0.497 e. The van der Waals surface area contributed by atoms with Crippen molar-refractivity contribution in [3.8, 4) is 0 Å². The molecule has 0 atom stereocenters. The second-order valence-electron chi connectivity index (χ2n) is 9.26. The van der Waals surface area contributed by atoms with Gasteiger partial charge < -0.3 is 15.9 Å². The summed E-state index contributed by atoms with van der Waals surface area (Å²) in [6.45, 7) is 12.8. The molecule has 0 saturated heterocycles. The third kappa shape index (κ3) is 27.9. The molecule has 6 heteroatoms. The van der Waals surface area contributed by atoms with Crippen LogP contribution in [-0.2, 0) is 43.4 Å². The molecule has 2 N–H and O–H groups in total. The van der Waals surface area contributed by atoms with Gasteiger partial charge in [0.2, 0.25) is 0 Å². The fraction of sp³-hybridized carbons (Fsp3) is 0.241. The van der Waals surface area contributed by atoms with Crippen molar-refractivity contribution in [2.75, 3.05) is 0 Å². The molecule has 35 heavy (non-hydrogen) atoms. The SMILES string of the molecule is C[Si](C)(C)[C-]=C(C(O)O)[Si](C)(C)C.[CH]1C=CC=C1.[CH]1C=CC=C1.[CH]1C=CC=C1.[CH]1C=CC=C1.[Ti].[Ti]. The maximum atomic E-state index is 9.22. The molecule has 0 aromatic carbocycles. The summed E-state index contributed by atoms with van der Waals surface area (Å²) < 4.78 is 0. The molecule has 0 unspecified atom stereocenters. The van der Waals surface area contributed by atoms with Gasteiger partial charge in [-0.2, -0.15) is 0 Å². The molecule has 4 aliphatic carbocycles. The van der Waals surface area contributed by atoms with E-state index in [0.29, 0.717) is 0 Å². The van der Waals surface area contributed by atoms with Gasteiger partial charge in [0.1, 0.15) is 6.29 Å². The Labute approximate surface area is 247 Å². The summed E-state index contributed by atoms with van der Waals surface area (Å²) in [6, 6.07) is 0. The monoisotopic (exact) mass is 573 g/mol. The van der Waals surface area contributed by atoms with Crippen LogP contribution in [-0.4, -0.2) is 32.7 Å². The van der Waals surface area contributed by atoms with E-state index in [4.69, 9.17) is 0 Å². The number of allylic oxidation sites excluding steroid dienone is 16. The topological polar surface area (TPSA) is 40.5 Å². The first-order valence-corrected chi connectivity index (χ1v) is 18.2. The fourth-order valence-electron chi connectivity index (χ4n) is 2.33. The first-order chi connectivity index (χ1) is 15.5. The summed E-state index contributed by atoms with van der Waals surface area (Å²) in [7, 11) is -3.08. The van der Waals surface area contributed by atoms with Crippen molar-refractivity contribution in [1.82, 2.24) is 0 Å². The summed E-state index contributed by atoms with van der Waals surface area (Å²) in [5, 5.41) is 19.2. The van der Waals surface area contributed by atoms with Crippen molar-refractivity contribution in [2.24, 2.45) is 0 Å². The van der Waals surface area contributed by atoms with Crippen molar-refractivity contribution < 1.29 is 53.6 Å². The van der Waals surface area contributed by atoms with E-state index in [9.17, 15) is 10.2 Å². The maximum Gasteiger partial charge on any atom is 0.138 e. The van der Waals surface area contributed by atoms with Crippen LogP contribution < -0.4 is 0 Å². The van der Waals surface area contributed by atoms with Crippen LogP contribution in [0.25, 0.3) is 0 Å². The number of hydrogen-bond donors (Lipinski definition) is 2. The minimum absolute atomic E-state index is 0. The summed E-state index contributed by atoms with van der Waals surface area (Å²) in [6.07, 6.45) is 38.7. The van der Waals surface area contributed by atoms with Crippen LogP contribution in [0.4, 0.5) is 0 Å². The van der Waals surface area contributed by atoms with Crippen LogP contribution in [0.1, 0.15) is 0 Å². The molecule has 4 rings (SSSR count). The number of aliphatic hydroxyl groups is 2. The Balaban J connectivity index is -0.000000388. The van der Waals surface area contributed by atoms with Gasteiger partial charge in [0.25, 0.3) is 0 Å². The van der Waals surface area contributed by atoms with Crippen molar-refractivity contribution in [3.05, 3.63) is 134 Å². The molecule has 0 heterocycles. The zero-order valence-electron chi connectivity index (χ0n) is 22.0. The predicted octanol–water partition coefficient (Wildman–Crippen LogP) is 7.04. The Hall–Kier alpha value is -0.558. The fourth-order valence-corrected chi connectivity index (χ4v) is 6.66. The third-order valence-electron chi connectivity index (χ3n) is 3.80. The van der Waals surface area contributed by atoms with Gasteiger partial charge in [0.05, 0.1) is 0 Å². The molecule has 0 aromatic rings. The Morgan fingerprint density at radius 2 is 0.714 bits per heavy atom. The molecule has 0 bridgehead atoms. The molecule has 0 aliphatic heterocycles. The van der Waals surface area contributed by atoms with Crippen molar-refractivity contribution in [3.63, 3.8) is 0 Å². The molecule has 0 saturated carbocycles. The molecule has 0 amide bonds. The van der Waals surface area contributed by atoms with Crippen molar-refractivity contribution >= 4 is 16.1 Å². The zero-order valence-corrected chi connectivity index (χ0v) is 27.1. The van der Waals surface area contributed by atoms with Gasteiger partial charge >= 0.3 is 0 Å². The summed E-state index contributed by atoms with van der Waals surface area (Å²) in [5.41, 5.74) is 3.31. The molecule has 4 aliphatic rings. The Bertz CT molecular complexity index is 658.